The Bertz CT molecular complexity index is 632. The van der Waals surface area contributed by atoms with Gasteiger partial charge in [-0.2, -0.15) is 4.98 Å². The van der Waals surface area contributed by atoms with Crippen LogP contribution in [0.4, 0.5) is 5.69 Å². The molecule has 0 aromatic carbocycles. The van der Waals surface area contributed by atoms with Gasteiger partial charge in [-0.15, -0.1) is 11.3 Å². The molecule has 0 bridgehead atoms. The summed E-state index contributed by atoms with van der Waals surface area (Å²) in [4.78, 5) is 9.35. The van der Waals surface area contributed by atoms with Crippen molar-refractivity contribution in [2.75, 3.05) is 5.73 Å². The minimum atomic E-state index is 0.339. The monoisotopic (exact) mass is 244 g/mol. The normalized spacial score (nSPS) is 10.6. The Balaban J connectivity index is 2.04. The Morgan fingerprint density at radius 2 is 2.18 bits per heavy atom. The van der Waals surface area contributed by atoms with Gasteiger partial charge in [0.1, 0.15) is 0 Å². The molecule has 0 spiro atoms. The first kappa shape index (κ1) is 9.98. The average molecular weight is 244 g/mol. The highest BCUT2D eigenvalue weighted by molar-refractivity contribution is 7.13. The van der Waals surface area contributed by atoms with Crippen LogP contribution in [0.3, 0.4) is 0 Å². The highest BCUT2D eigenvalue weighted by Crippen LogP contribution is 2.26. The predicted molar refractivity (Wildman–Crippen MR) is 65.3 cm³/mol. The lowest BCUT2D eigenvalue weighted by Gasteiger charge is -1.96. The Morgan fingerprint density at radius 1 is 1.24 bits per heavy atom. The van der Waals surface area contributed by atoms with Gasteiger partial charge in [-0.1, -0.05) is 11.2 Å². The second-order valence-electron chi connectivity index (χ2n) is 3.34. The van der Waals surface area contributed by atoms with Crippen LogP contribution in [0.2, 0.25) is 0 Å². The zero-order chi connectivity index (χ0) is 11.7. The highest BCUT2D eigenvalue weighted by atomic mass is 32.1. The second-order valence-corrected chi connectivity index (χ2v) is 4.29. The third kappa shape index (κ3) is 1.78. The summed E-state index contributed by atoms with van der Waals surface area (Å²) in [5.74, 6) is 0.895. The maximum Gasteiger partial charge on any atom is 0.279 e. The van der Waals surface area contributed by atoms with E-state index < -0.39 is 0 Å². The molecule has 0 saturated heterocycles. The van der Waals surface area contributed by atoms with E-state index in [0.717, 1.165) is 4.88 Å². The first-order chi connectivity index (χ1) is 8.34. The van der Waals surface area contributed by atoms with Crippen molar-refractivity contribution in [3.8, 4) is 22.3 Å². The van der Waals surface area contributed by atoms with Crippen LogP contribution < -0.4 is 5.73 Å². The molecule has 3 aromatic heterocycles. The molecule has 0 saturated carbocycles. The molecule has 3 aromatic rings. The maximum absolute atomic E-state index is 5.79. The van der Waals surface area contributed by atoms with E-state index in [9.17, 15) is 0 Å². The van der Waals surface area contributed by atoms with Crippen molar-refractivity contribution in [1.82, 2.24) is 15.1 Å². The van der Waals surface area contributed by atoms with Crippen LogP contribution in [0, 0.1) is 0 Å². The minimum Gasteiger partial charge on any atom is -0.397 e. The van der Waals surface area contributed by atoms with Crippen LogP contribution in [-0.4, -0.2) is 15.1 Å². The number of hydrogen-bond donors (Lipinski definition) is 1. The average Bonchev–Trinajstić information content (AvgIpc) is 3.00. The molecule has 3 heterocycles. The summed E-state index contributed by atoms with van der Waals surface area (Å²) in [5, 5.41) is 5.86. The van der Waals surface area contributed by atoms with E-state index in [-0.39, 0.29) is 0 Å². The third-order valence-electron chi connectivity index (χ3n) is 2.21. The zero-order valence-corrected chi connectivity index (χ0v) is 9.52. The van der Waals surface area contributed by atoms with Crippen LogP contribution >= 0.6 is 11.3 Å². The summed E-state index contributed by atoms with van der Waals surface area (Å²) >= 11 is 1.55. The fraction of sp³-hybridized carbons (Fsp3) is 0. The standard InChI is InChI=1S/C11H8N4OS/c12-7-3-1-5-13-9(7)11-14-10(15-16-11)8-4-2-6-17-8/h1-6H,12H2. The molecule has 0 radical (unpaired) electrons. The van der Waals surface area contributed by atoms with Crippen LogP contribution in [0.1, 0.15) is 0 Å². The molecule has 5 nitrogen and oxygen atoms in total. The molecular formula is C11H8N4OS. The molecule has 0 unspecified atom stereocenters. The number of pyridine rings is 1. The molecular weight excluding hydrogens is 236 g/mol. The van der Waals surface area contributed by atoms with Gasteiger partial charge in [0.25, 0.3) is 5.89 Å². The molecule has 6 heteroatoms. The molecule has 0 amide bonds. The number of anilines is 1. The number of aromatic nitrogens is 3. The summed E-state index contributed by atoms with van der Waals surface area (Å²) in [6.07, 6.45) is 1.64. The Morgan fingerprint density at radius 3 is 2.94 bits per heavy atom. The van der Waals surface area contributed by atoms with Gasteiger partial charge in [-0.05, 0) is 23.6 Å². The van der Waals surface area contributed by atoms with Crippen LogP contribution in [0.5, 0.6) is 0 Å². The van der Waals surface area contributed by atoms with Crippen LogP contribution in [0.15, 0.2) is 40.4 Å². The first-order valence-corrected chi connectivity index (χ1v) is 5.81. The number of nitrogens with zero attached hydrogens (tertiary/aromatic N) is 3. The summed E-state index contributed by atoms with van der Waals surface area (Å²) in [7, 11) is 0. The molecule has 0 aliphatic carbocycles. The van der Waals surface area contributed by atoms with Crippen molar-refractivity contribution >= 4 is 17.0 Å². The van der Waals surface area contributed by atoms with Gasteiger partial charge in [0.15, 0.2) is 5.69 Å². The Labute approximate surface area is 101 Å². The number of hydrogen-bond acceptors (Lipinski definition) is 6. The quantitative estimate of drug-likeness (QED) is 0.749. The lowest BCUT2D eigenvalue weighted by Crippen LogP contribution is -1.92. The largest absolute Gasteiger partial charge is 0.397 e. The Kier molecular flexibility index (Phi) is 2.34. The van der Waals surface area contributed by atoms with Crippen molar-refractivity contribution in [2.45, 2.75) is 0 Å². The van der Waals surface area contributed by atoms with Gasteiger partial charge in [0, 0.05) is 6.20 Å². The van der Waals surface area contributed by atoms with Crippen LogP contribution in [0.25, 0.3) is 22.3 Å². The molecule has 0 aliphatic rings. The SMILES string of the molecule is Nc1cccnc1-c1nc(-c2cccs2)no1. The lowest BCUT2D eigenvalue weighted by atomic mass is 10.3. The molecule has 0 aliphatic heterocycles. The van der Waals surface area contributed by atoms with Crippen molar-refractivity contribution in [2.24, 2.45) is 0 Å². The van der Waals surface area contributed by atoms with E-state index >= 15 is 0 Å². The van der Waals surface area contributed by atoms with Crippen molar-refractivity contribution < 1.29 is 4.52 Å². The maximum atomic E-state index is 5.79. The lowest BCUT2D eigenvalue weighted by molar-refractivity contribution is 0.431. The summed E-state index contributed by atoms with van der Waals surface area (Å²) in [5.41, 5.74) is 6.83. The molecule has 3 rings (SSSR count). The van der Waals surface area contributed by atoms with Gasteiger partial charge >= 0.3 is 0 Å². The van der Waals surface area contributed by atoms with E-state index in [1.165, 1.54) is 0 Å². The summed E-state index contributed by atoms with van der Waals surface area (Å²) < 4.78 is 5.16. The molecule has 84 valence electrons. The van der Waals surface area contributed by atoms with Gasteiger partial charge in [-0.25, -0.2) is 4.98 Å². The number of rotatable bonds is 2. The van der Waals surface area contributed by atoms with Crippen molar-refractivity contribution in [3.63, 3.8) is 0 Å². The number of thiophene rings is 1. The minimum absolute atomic E-state index is 0.339. The van der Waals surface area contributed by atoms with E-state index in [1.54, 1.807) is 29.7 Å². The topological polar surface area (TPSA) is 77.8 Å². The molecule has 0 atom stereocenters. The van der Waals surface area contributed by atoms with Crippen molar-refractivity contribution in [1.29, 1.82) is 0 Å². The van der Waals surface area contributed by atoms with E-state index in [1.807, 2.05) is 17.5 Å². The first-order valence-electron chi connectivity index (χ1n) is 4.93. The predicted octanol–water partition coefficient (Wildman–Crippen LogP) is 2.44. The van der Waals surface area contributed by atoms with Gasteiger partial charge in [-0.3, -0.25) is 0 Å². The van der Waals surface area contributed by atoms with E-state index in [2.05, 4.69) is 15.1 Å². The third-order valence-corrected chi connectivity index (χ3v) is 3.07. The molecule has 2 N–H and O–H groups in total. The smallest absolute Gasteiger partial charge is 0.279 e. The number of nitrogen functional groups attached to an aromatic ring is 1. The molecule has 17 heavy (non-hydrogen) atoms. The Hall–Kier alpha value is -2.21. The number of nitrogens with two attached hydrogens (primary N) is 1. The summed E-state index contributed by atoms with van der Waals surface area (Å²) in [6, 6.07) is 7.37. The fourth-order valence-electron chi connectivity index (χ4n) is 1.42. The van der Waals surface area contributed by atoms with E-state index in [0.29, 0.717) is 23.1 Å². The van der Waals surface area contributed by atoms with E-state index in [4.69, 9.17) is 10.3 Å². The van der Waals surface area contributed by atoms with Gasteiger partial charge in [0.2, 0.25) is 5.82 Å². The fourth-order valence-corrected chi connectivity index (χ4v) is 2.07. The van der Waals surface area contributed by atoms with Crippen LogP contribution in [-0.2, 0) is 0 Å². The molecule has 0 fully saturated rings. The second kappa shape index (κ2) is 3.99. The van der Waals surface area contributed by atoms with Crippen molar-refractivity contribution in [3.05, 3.63) is 35.8 Å². The summed E-state index contributed by atoms with van der Waals surface area (Å²) in [6.45, 7) is 0. The zero-order valence-electron chi connectivity index (χ0n) is 8.70. The highest BCUT2D eigenvalue weighted by Gasteiger charge is 2.14. The van der Waals surface area contributed by atoms with Gasteiger partial charge in [0.05, 0.1) is 10.6 Å². The van der Waals surface area contributed by atoms with Gasteiger partial charge < -0.3 is 10.3 Å².